The monoisotopic (exact) mass is 326 g/mol. The summed E-state index contributed by atoms with van der Waals surface area (Å²) in [4.78, 5) is 4.21. The molecule has 0 bridgehead atoms. The molecule has 3 rings (SSSR count). The second-order valence-corrected chi connectivity index (χ2v) is 5.61. The van der Waals surface area contributed by atoms with Gasteiger partial charge < -0.3 is 10.4 Å². The summed E-state index contributed by atoms with van der Waals surface area (Å²) in [6.45, 7) is 0.344. The van der Waals surface area contributed by atoms with E-state index in [1.54, 1.807) is 12.1 Å². The Morgan fingerprint density at radius 2 is 1.96 bits per heavy atom. The van der Waals surface area contributed by atoms with E-state index < -0.39 is 6.10 Å². The Morgan fingerprint density at radius 3 is 2.67 bits per heavy atom. The molecule has 24 heavy (non-hydrogen) atoms. The maximum Gasteiger partial charge on any atom is 0.145 e. The molecule has 1 aromatic heterocycles. The highest BCUT2D eigenvalue weighted by molar-refractivity contribution is 5.24. The molecule has 3 aromatic rings. The van der Waals surface area contributed by atoms with Crippen LogP contribution in [-0.4, -0.2) is 32.9 Å². The van der Waals surface area contributed by atoms with E-state index in [9.17, 15) is 9.50 Å². The third-order valence-corrected chi connectivity index (χ3v) is 3.76. The molecule has 3 N–H and O–H groups in total. The van der Waals surface area contributed by atoms with Crippen molar-refractivity contribution in [3.8, 4) is 0 Å². The van der Waals surface area contributed by atoms with Gasteiger partial charge in [0.15, 0.2) is 0 Å². The number of nitrogens with one attached hydrogen (secondary N) is 2. The normalized spacial score (nSPS) is 13.6. The summed E-state index contributed by atoms with van der Waals surface area (Å²) in [7, 11) is 0. The third kappa shape index (κ3) is 4.24. The van der Waals surface area contributed by atoms with E-state index in [0.29, 0.717) is 18.8 Å². The molecule has 0 fully saturated rings. The zero-order valence-corrected chi connectivity index (χ0v) is 13.1. The van der Waals surface area contributed by atoms with Crippen LogP contribution in [0.3, 0.4) is 0 Å². The number of aromatic nitrogens is 3. The molecular weight excluding hydrogens is 307 g/mol. The zero-order valence-electron chi connectivity index (χ0n) is 13.1. The van der Waals surface area contributed by atoms with Gasteiger partial charge in [-0.3, -0.25) is 5.10 Å². The van der Waals surface area contributed by atoms with E-state index in [-0.39, 0.29) is 11.9 Å². The Balaban J connectivity index is 1.65. The lowest BCUT2D eigenvalue weighted by Crippen LogP contribution is -2.32. The number of benzene rings is 2. The van der Waals surface area contributed by atoms with Crippen LogP contribution in [0.5, 0.6) is 0 Å². The molecule has 0 saturated carbocycles. The first-order chi connectivity index (χ1) is 11.7. The van der Waals surface area contributed by atoms with Crippen molar-refractivity contribution in [2.45, 2.75) is 18.6 Å². The van der Waals surface area contributed by atoms with Crippen molar-refractivity contribution in [2.75, 3.05) is 6.54 Å². The zero-order chi connectivity index (χ0) is 16.8. The topological polar surface area (TPSA) is 73.8 Å². The molecular formula is C18H19FN4O. The molecule has 0 spiro atoms. The average Bonchev–Trinajstić information content (AvgIpc) is 3.10. The van der Waals surface area contributed by atoms with Crippen molar-refractivity contribution in [1.82, 2.24) is 20.5 Å². The Bertz CT molecular complexity index is 749. The second-order valence-electron chi connectivity index (χ2n) is 5.61. The molecule has 0 amide bonds. The molecule has 2 atom stereocenters. The fraction of sp³-hybridized carbons (Fsp3) is 0.222. The van der Waals surface area contributed by atoms with E-state index in [2.05, 4.69) is 20.5 Å². The van der Waals surface area contributed by atoms with Crippen LogP contribution in [0.25, 0.3) is 0 Å². The Morgan fingerprint density at radius 1 is 1.12 bits per heavy atom. The summed E-state index contributed by atoms with van der Waals surface area (Å²) in [6, 6.07) is 15.9. The number of hydrogen-bond donors (Lipinski definition) is 3. The molecule has 0 aliphatic rings. The number of H-pyrrole nitrogens is 1. The quantitative estimate of drug-likeness (QED) is 0.622. The summed E-state index contributed by atoms with van der Waals surface area (Å²) in [5.41, 5.74) is 1.78. The van der Waals surface area contributed by atoms with Gasteiger partial charge in [0.2, 0.25) is 0 Å². The molecule has 2 unspecified atom stereocenters. The lowest BCUT2D eigenvalue weighted by atomic mass is 10.0. The first-order valence-electron chi connectivity index (χ1n) is 7.78. The van der Waals surface area contributed by atoms with Gasteiger partial charge in [-0.1, -0.05) is 42.5 Å². The van der Waals surface area contributed by atoms with Crippen LogP contribution in [0.1, 0.15) is 23.0 Å². The van der Waals surface area contributed by atoms with Gasteiger partial charge in [0.05, 0.1) is 12.1 Å². The molecule has 5 nitrogen and oxygen atoms in total. The van der Waals surface area contributed by atoms with Crippen molar-refractivity contribution >= 4 is 0 Å². The second kappa shape index (κ2) is 7.81. The predicted molar refractivity (Wildman–Crippen MR) is 88.8 cm³/mol. The molecule has 0 aliphatic carbocycles. The van der Waals surface area contributed by atoms with Gasteiger partial charge in [0, 0.05) is 6.54 Å². The summed E-state index contributed by atoms with van der Waals surface area (Å²) < 4.78 is 13.2. The van der Waals surface area contributed by atoms with Crippen molar-refractivity contribution in [1.29, 1.82) is 0 Å². The Labute approximate surface area is 139 Å². The summed E-state index contributed by atoms with van der Waals surface area (Å²) >= 11 is 0. The van der Waals surface area contributed by atoms with E-state index in [0.717, 1.165) is 11.1 Å². The van der Waals surface area contributed by atoms with Crippen LogP contribution >= 0.6 is 0 Å². The van der Waals surface area contributed by atoms with E-state index >= 15 is 0 Å². The van der Waals surface area contributed by atoms with Crippen LogP contribution in [0.15, 0.2) is 60.9 Å². The highest BCUT2D eigenvalue weighted by Crippen LogP contribution is 2.18. The molecule has 1 heterocycles. The van der Waals surface area contributed by atoms with Gasteiger partial charge in [-0.25, -0.2) is 9.37 Å². The minimum Gasteiger partial charge on any atom is -0.391 e. The van der Waals surface area contributed by atoms with Gasteiger partial charge >= 0.3 is 0 Å². The fourth-order valence-corrected chi connectivity index (χ4v) is 2.63. The highest BCUT2D eigenvalue weighted by atomic mass is 19.1. The minimum absolute atomic E-state index is 0.198. The van der Waals surface area contributed by atoms with Crippen molar-refractivity contribution < 1.29 is 9.50 Å². The molecule has 0 radical (unpaired) electrons. The lowest BCUT2D eigenvalue weighted by Gasteiger charge is -2.19. The number of aromatic amines is 1. The Kier molecular flexibility index (Phi) is 5.30. The number of halogens is 1. The molecule has 0 saturated heterocycles. The first kappa shape index (κ1) is 16.3. The van der Waals surface area contributed by atoms with Crippen molar-refractivity contribution in [2.24, 2.45) is 0 Å². The number of aliphatic hydroxyl groups is 1. The van der Waals surface area contributed by atoms with Gasteiger partial charge in [-0.05, 0) is 29.7 Å². The lowest BCUT2D eigenvalue weighted by molar-refractivity contribution is 0.168. The molecule has 6 heteroatoms. The fourth-order valence-electron chi connectivity index (χ4n) is 2.63. The average molecular weight is 326 g/mol. The number of nitrogens with zero attached hydrogens (tertiary/aromatic N) is 2. The van der Waals surface area contributed by atoms with E-state index in [4.69, 9.17) is 0 Å². The molecule has 2 aromatic carbocycles. The van der Waals surface area contributed by atoms with E-state index in [1.807, 2.05) is 30.3 Å². The maximum atomic E-state index is 13.2. The minimum atomic E-state index is -0.638. The molecule has 0 aliphatic heterocycles. The van der Waals surface area contributed by atoms with Crippen LogP contribution in [0.2, 0.25) is 0 Å². The largest absolute Gasteiger partial charge is 0.391 e. The number of hydrogen-bond acceptors (Lipinski definition) is 4. The maximum absolute atomic E-state index is 13.2. The van der Waals surface area contributed by atoms with Crippen LogP contribution in [-0.2, 0) is 6.42 Å². The smallest absolute Gasteiger partial charge is 0.145 e. The van der Waals surface area contributed by atoms with Gasteiger partial charge in [0.25, 0.3) is 0 Å². The third-order valence-electron chi connectivity index (χ3n) is 3.76. The Hall–Kier alpha value is -2.57. The molecule has 124 valence electrons. The number of aliphatic hydroxyl groups excluding tert-OH is 1. The van der Waals surface area contributed by atoms with Gasteiger partial charge in [-0.2, -0.15) is 5.10 Å². The standard InChI is InChI=1S/C18H19FN4O/c19-15-8-4-5-13(9-15)10-16(24)11-20-17(18-21-12-22-23-18)14-6-2-1-3-7-14/h1-9,12,16-17,20,24H,10-11H2,(H,21,22,23). The van der Waals surface area contributed by atoms with Crippen LogP contribution in [0.4, 0.5) is 4.39 Å². The van der Waals surface area contributed by atoms with Gasteiger partial charge in [-0.15, -0.1) is 0 Å². The summed E-state index contributed by atoms with van der Waals surface area (Å²) in [6.07, 6.45) is 1.19. The predicted octanol–water partition coefficient (Wildman–Crippen LogP) is 2.23. The number of rotatable bonds is 7. The summed E-state index contributed by atoms with van der Waals surface area (Å²) in [5.74, 6) is 0.385. The van der Waals surface area contributed by atoms with Crippen molar-refractivity contribution in [3.63, 3.8) is 0 Å². The first-order valence-corrected chi connectivity index (χ1v) is 7.78. The summed E-state index contributed by atoms with van der Waals surface area (Å²) in [5, 5.41) is 20.3. The highest BCUT2D eigenvalue weighted by Gasteiger charge is 2.18. The van der Waals surface area contributed by atoms with E-state index in [1.165, 1.54) is 18.5 Å². The SMILES string of the molecule is OC(CNC(c1ccccc1)c1ncn[nH]1)Cc1cccc(F)c1. The van der Waals surface area contributed by atoms with Crippen molar-refractivity contribution in [3.05, 3.63) is 83.7 Å². The van der Waals surface area contributed by atoms with Crippen LogP contribution in [0, 0.1) is 5.82 Å². The van der Waals surface area contributed by atoms with Crippen LogP contribution < -0.4 is 5.32 Å². The van der Waals surface area contributed by atoms with Gasteiger partial charge in [0.1, 0.15) is 18.0 Å².